The number of hydrogen-bond acceptors (Lipinski definition) is 3. The Hall–Kier alpha value is -1.36. The molecule has 26 heavy (non-hydrogen) atoms. The fourth-order valence-corrected chi connectivity index (χ4v) is 5.12. The van der Waals surface area contributed by atoms with E-state index in [1.807, 2.05) is 0 Å². The molecule has 1 aromatic rings. The third-order valence-corrected chi connectivity index (χ3v) is 7.33. The molecule has 1 N–H and O–H groups in total. The molecule has 0 spiro atoms. The van der Waals surface area contributed by atoms with Crippen molar-refractivity contribution in [3.63, 3.8) is 0 Å². The van der Waals surface area contributed by atoms with Crippen molar-refractivity contribution in [3.8, 4) is 5.75 Å². The topological polar surface area (TPSA) is 66.8 Å². The summed E-state index contributed by atoms with van der Waals surface area (Å²) in [5, 5.41) is 0.107. The van der Waals surface area contributed by atoms with Gasteiger partial charge in [-0.3, -0.25) is 14.3 Å². The van der Waals surface area contributed by atoms with Crippen molar-refractivity contribution in [1.29, 1.82) is 0 Å². The minimum absolute atomic E-state index is 0.0340. The molecule has 2 unspecified atom stereocenters. The number of halogens is 2. The van der Waals surface area contributed by atoms with Crippen molar-refractivity contribution in [3.05, 3.63) is 34.1 Å². The monoisotopic (exact) mass is 401 g/mol. The number of anilines is 1. The van der Waals surface area contributed by atoms with Crippen LogP contribution in [0.4, 0.5) is 10.1 Å². The third-order valence-electron chi connectivity index (χ3n) is 5.13. The number of nitrogens with zero attached hydrogens (tertiary/aromatic N) is 1. The summed E-state index contributed by atoms with van der Waals surface area (Å²) < 4.78 is 32.2. The van der Waals surface area contributed by atoms with Crippen LogP contribution in [0.5, 0.6) is 5.75 Å². The van der Waals surface area contributed by atoms with Gasteiger partial charge in [0, 0.05) is 24.0 Å². The Morgan fingerprint density at radius 3 is 2.73 bits per heavy atom. The number of ether oxygens (including phenoxy) is 1. The van der Waals surface area contributed by atoms with Crippen molar-refractivity contribution in [2.24, 2.45) is 0 Å². The minimum atomic E-state index is -3.42. The second-order valence-electron chi connectivity index (χ2n) is 6.69. The number of rotatable bonds is 5. The van der Waals surface area contributed by atoms with Crippen molar-refractivity contribution in [2.45, 2.75) is 38.6 Å². The molecule has 3 rings (SSSR count). The average molecular weight is 402 g/mol. The van der Waals surface area contributed by atoms with E-state index in [0.29, 0.717) is 18.4 Å². The third kappa shape index (κ3) is 3.42. The molecule has 5 nitrogen and oxygen atoms in total. The molecule has 0 fully saturated rings. The van der Waals surface area contributed by atoms with Gasteiger partial charge in [0.25, 0.3) is 5.91 Å². The Labute approximate surface area is 157 Å². The molecular formula is C18H22ClFNO4P. The molecule has 1 heterocycles. The van der Waals surface area contributed by atoms with Crippen LogP contribution in [0.1, 0.15) is 32.6 Å². The predicted octanol–water partition coefficient (Wildman–Crippen LogP) is 4.36. The van der Waals surface area contributed by atoms with Gasteiger partial charge in [0.2, 0.25) is 7.37 Å². The fraction of sp³-hybridized carbons (Fsp3) is 0.500. The molecule has 1 aliphatic carbocycles. The highest BCUT2D eigenvalue weighted by Crippen LogP contribution is 2.48. The molecule has 1 aliphatic heterocycles. The van der Waals surface area contributed by atoms with Gasteiger partial charge in [-0.1, -0.05) is 18.5 Å². The van der Waals surface area contributed by atoms with Gasteiger partial charge in [0.1, 0.15) is 11.6 Å². The molecule has 1 aromatic carbocycles. The lowest BCUT2D eigenvalue weighted by molar-refractivity contribution is -0.114. The summed E-state index contributed by atoms with van der Waals surface area (Å²) in [6.45, 7) is 1.64. The van der Waals surface area contributed by atoms with E-state index in [2.05, 4.69) is 0 Å². The maximum Gasteiger partial charge on any atom is 0.254 e. The smallest absolute Gasteiger partial charge is 0.254 e. The fourth-order valence-electron chi connectivity index (χ4n) is 3.71. The van der Waals surface area contributed by atoms with Crippen LogP contribution in [-0.4, -0.2) is 36.3 Å². The maximum atomic E-state index is 14.7. The molecule has 0 bridgehead atoms. The summed E-state index contributed by atoms with van der Waals surface area (Å²) in [4.78, 5) is 24.5. The number of carbonyl (C=O) groups is 1. The van der Waals surface area contributed by atoms with Gasteiger partial charge in [-0.2, -0.15) is 0 Å². The Balaban J connectivity index is 2.10. The minimum Gasteiger partial charge on any atom is -0.495 e. The van der Waals surface area contributed by atoms with E-state index in [1.54, 1.807) is 6.92 Å². The Bertz CT molecular complexity index is 826. The van der Waals surface area contributed by atoms with Crippen LogP contribution in [0.2, 0.25) is 5.02 Å². The Morgan fingerprint density at radius 2 is 2.08 bits per heavy atom. The normalized spacial score (nSPS) is 22.4. The van der Waals surface area contributed by atoms with Gasteiger partial charge in [0.05, 0.1) is 23.9 Å². The van der Waals surface area contributed by atoms with Gasteiger partial charge in [-0.15, -0.1) is 0 Å². The number of amides is 1. The van der Waals surface area contributed by atoms with Crippen LogP contribution in [0.3, 0.4) is 0 Å². The van der Waals surface area contributed by atoms with E-state index >= 15 is 0 Å². The summed E-state index contributed by atoms with van der Waals surface area (Å²) in [7, 11) is -2.01. The van der Waals surface area contributed by atoms with Gasteiger partial charge < -0.3 is 9.63 Å². The number of hydrogen-bond donors (Lipinski definition) is 1. The van der Waals surface area contributed by atoms with Crippen LogP contribution in [-0.2, 0) is 9.36 Å². The van der Waals surface area contributed by atoms with E-state index in [1.165, 1.54) is 18.1 Å². The van der Waals surface area contributed by atoms with Crippen LogP contribution in [0, 0.1) is 5.82 Å². The highest BCUT2D eigenvalue weighted by Gasteiger charge is 2.44. The molecule has 2 aliphatic rings. The number of methoxy groups -OCH3 is 1. The summed E-state index contributed by atoms with van der Waals surface area (Å²) in [6, 6.07) is 1.89. The predicted molar refractivity (Wildman–Crippen MR) is 100.0 cm³/mol. The molecule has 0 saturated heterocycles. The first kappa shape index (κ1) is 19.4. The lowest BCUT2D eigenvalue weighted by Crippen LogP contribution is -2.39. The number of benzene rings is 1. The second-order valence-corrected chi connectivity index (χ2v) is 9.78. The maximum absolute atomic E-state index is 14.7. The summed E-state index contributed by atoms with van der Waals surface area (Å²) >= 11 is 5.97. The van der Waals surface area contributed by atoms with E-state index in [4.69, 9.17) is 16.3 Å². The lowest BCUT2D eigenvalue weighted by Gasteiger charge is -2.29. The van der Waals surface area contributed by atoms with Crippen molar-refractivity contribution < 1.29 is 23.4 Å². The van der Waals surface area contributed by atoms with E-state index in [9.17, 15) is 18.6 Å². The average Bonchev–Trinajstić information content (AvgIpc) is 2.88. The first-order valence-electron chi connectivity index (χ1n) is 8.68. The quantitative estimate of drug-likeness (QED) is 0.744. The first-order valence-corrected chi connectivity index (χ1v) is 11.1. The zero-order chi connectivity index (χ0) is 19.1. The van der Waals surface area contributed by atoms with Gasteiger partial charge >= 0.3 is 0 Å². The molecule has 2 atom stereocenters. The standard InChI is InChI=1S/C18H22ClFNO4P/c1-3-26(23,24)10-16-11-6-4-5-7-12(11)18(22)21(16)15-9-17(25-2)13(19)8-14(15)20/h8-9,16H,3-7,10H2,1-2H3,(H,23,24). The lowest BCUT2D eigenvalue weighted by atomic mass is 9.91. The van der Waals surface area contributed by atoms with Gasteiger partial charge in [-0.05, 0) is 37.3 Å². The molecular weight excluding hydrogens is 380 g/mol. The second kappa shape index (κ2) is 7.34. The zero-order valence-corrected chi connectivity index (χ0v) is 16.4. The molecule has 0 aromatic heterocycles. The van der Waals surface area contributed by atoms with Crippen molar-refractivity contribution in [2.75, 3.05) is 24.3 Å². The van der Waals surface area contributed by atoms with E-state index in [0.717, 1.165) is 24.5 Å². The first-order chi connectivity index (χ1) is 12.3. The summed E-state index contributed by atoms with van der Waals surface area (Å²) in [5.41, 5.74) is 1.56. The van der Waals surface area contributed by atoms with E-state index < -0.39 is 19.2 Å². The van der Waals surface area contributed by atoms with Crippen molar-refractivity contribution in [1.82, 2.24) is 0 Å². The molecule has 0 radical (unpaired) electrons. The van der Waals surface area contributed by atoms with Gasteiger partial charge in [0.15, 0.2) is 0 Å². The molecule has 8 heteroatoms. The molecule has 1 amide bonds. The largest absolute Gasteiger partial charge is 0.495 e. The van der Waals surface area contributed by atoms with Gasteiger partial charge in [-0.25, -0.2) is 4.39 Å². The zero-order valence-electron chi connectivity index (χ0n) is 14.8. The SMILES string of the molecule is CCP(=O)(O)CC1C2=C(CCCC2)C(=O)N1c1cc(OC)c(Cl)cc1F. The molecule has 0 saturated carbocycles. The summed E-state index contributed by atoms with van der Waals surface area (Å²) in [5.74, 6) is -0.690. The van der Waals surface area contributed by atoms with Crippen LogP contribution in [0.25, 0.3) is 0 Å². The van der Waals surface area contributed by atoms with Crippen LogP contribution >= 0.6 is 19.0 Å². The highest BCUT2D eigenvalue weighted by molar-refractivity contribution is 7.58. The Kier molecular flexibility index (Phi) is 5.48. The Morgan fingerprint density at radius 1 is 1.38 bits per heavy atom. The van der Waals surface area contributed by atoms with Crippen LogP contribution < -0.4 is 9.64 Å². The summed E-state index contributed by atoms with van der Waals surface area (Å²) in [6.07, 6.45) is 3.17. The van der Waals surface area contributed by atoms with Crippen LogP contribution in [0.15, 0.2) is 23.3 Å². The molecule has 142 valence electrons. The number of carbonyl (C=O) groups excluding carboxylic acids is 1. The van der Waals surface area contributed by atoms with E-state index in [-0.39, 0.29) is 34.7 Å². The van der Waals surface area contributed by atoms with Crippen molar-refractivity contribution >= 4 is 30.6 Å². The highest BCUT2D eigenvalue weighted by atomic mass is 35.5.